The number of imidazole rings is 1. The van der Waals surface area contributed by atoms with E-state index in [0.717, 1.165) is 6.54 Å². The molecule has 0 radical (unpaired) electrons. The lowest BCUT2D eigenvalue weighted by Crippen LogP contribution is -2.32. The van der Waals surface area contributed by atoms with E-state index in [-0.39, 0.29) is 0 Å². The van der Waals surface area contributed by atoms with Gasteiger partial charge in [-0.3, -0.25) is 0 Å². The number of hydrogen-bond donors (Lipinski definition) is 0. The van der Waals surface area contributed by atoms with Crippen molar-refractivity contribution in [1.29, 1.82) is 0 Å². The van der Waals surface area contributed by atoms with Gasteiger partial charge in [-0.1, -0.05) is 140 Å². The number of unbranched alkanes of at least 4 members (excludes halogenated alkanes) is 16. The van der Waals surface area contributed by atoms with Gasteiger partial charge in [0.15, 0.2) is 0 Å². The predicted octanol–water partition coefficient (Wildman–Crippen LogP) is 8.56. The summed E-state index contributed by atoms with van der Waals surface area (Å²) in [5.41, 5.74) is 1.38. The first-order valence-electron chi connectivity index (χ1n) is 13.9. The molecule has 32 heavy (non-hydrogen) atoms. The minimum absolute atomic E-state index is 0.982. The van der Waals surface area contributed by atoms with E-state index in [1.165, 1.54) is 127 Å². The fourth-order valence-corrected chi connectivity index (χ4v) is 4.81. The zero-order valence-corrected chi connectivity index (χ0v) is 21.4. The Hall–Kier alpha value is -1.57. The number of rotatable bonds is 20. The third-order valence-corrected chi connectivity index (χ3v) is 6.91. The second-order valence-electron chi connectivity index (χ2n) is 9.85. The van der Waals surface area contributed by atoms with E-state index in [9.17, 15) is 0 Å². The van der Waals surface area contributed by atoms with Crippen LogP contribution in [-0.4, -0.2) is 4.57 Å². The number of nitrogens with zero attached hydrogens (tertiary/aromatic N) is 2. The van der Waals surface area contributed by atoms with Gasteiger partial charge in [-0.15, -0.1) is 0 Å². The lowest BCUT2D eigenvalue weighted by Gasteiger charge is -2.05. The molecule has 2 aromatic rings. The second-order valence-corrected chi connectivity index (χ2v) is 9.85. The molecular formula is C30H51N2+. The van der Waals surface area contributed by atoms with Crippen molar-refractivity contribution >= 4 is 0 Å². The Balaban J connectivity index is 1.40. The number of hydrogen-bond acceptors (Lipinski definition) is 0. The van der Waals surface area contributed by atoms with Crippen LogP contribution in [0.1, 0.15) is 127 Å². The molecule has 2 rings (SSSR count). The van der Waals surface area contributed by atoms with E-state index in [0.29, 0.717) is 0 Å². The second kappa shape index (κ2) is 17.9. The van der Waals surface area contributed by atoms with Crippen molar-refractivity contribution in [3.63, 3.8) is 0 Å². The molecule has 0 atom stereocenters. The lowest BCUT2D eigenvalue weighted by molar-refractivity contribution is -0.678. The van der Waals surface area contributed by atoms with E-state index >= 15 is 0 Å². The number of aromatic nitrogens is 2. The van der Waals surface area contributed by atoms with Gasteiger partial charge in [0, 0.05) is 6.42 Å². The summed E-state index contributed by atoms with van der Waals surface area (Å²) >= 11 is 0. The van der Waals surface area contributed by atoms with Crippen LogP contribution < -0.4 is 4.57 Å². The van der Waals surface area contributed by atoms with Crippen molar-refractivity contribution in [1.82, 2.24) is 4.57 Å². The highest BCUT2D eigenvalue weighted by atomic mass is 15.1. The van der Waals surface area contributed by atoms with E-state index in [1.807, 2.05) is 0 Å². The van der Waals surface area contributed by atoms with Crippen molar-refractivity contribution in [2.24, 2.45) is 7.05 Å². The normalized spacial score (nSPS) is 11.3. The first-order valence-corrected chi connectivity index (χ1v) is 13.9. The zero-order valence-electron chi connectivity index (χ0n) is 21.4. The Kier molecular flexibility index (Phi) is 14.9. The number of aryl methyl sites for hydroxylation is 1. The minimum Gasteiger partial charge on any atom is -0.237 e. The molecule has 1 heterocycles. The highest BCUT2D eigenvalue weighted by Gasteiger charge is 2.14. The quantitative estimate of drug-likeness (QED) is 0.144. The molecule has 0 aliphatic rings. The SMILES string of the molecule is CCCCCCCCCCCCCCCCCCCc1n(Cc2ccccc2)cc[n+]1C. The molecule has 2 nitrogen and oxygen atoms in total. The third kappa shape index (κ3) is 11.9. The van der Waals surface area contributed by atoms with Crippen molar-refractivity contribution in [3.05, 3.63) is 54.1 Å². The Labute approximate surface area is 199 Å². The van der Waals surface area contributed by atoms with Crippen LogP contribution >= 0.6 is 0 Å². The highest BCUT2D eigenvalue weighted by Crippen LogP contribution is 2.15. The molecule has 0 unspecified atom stereocenters. The third-order valence-electron chi connectivity index (χ3n) is 6.91. The average Bonchev–Trinajstić information content (AvgIpc) is 3.15. The van der Waals surface area contributed by atoms with E-state index in [1.54, 1.807) is 0 Å². The highest BCUT2D eigenvalue weighted by molar-refractivity contribution is 5.15. The summed E-state index contributed by atoms with van der Waals surface area (Å²) < 4.78 is 4.72. The van der Waals surface area contributed by atoms with Crippen molar-refractivity contribution < 1.29 is 4.57 Å². The van der Waals surface area contributed by atoms with Crippen LogP contribution in [0.15, 0.2) is 42.7 Å². The fourth-order valence-electron chi connectivity index (χ4n) is 4.81. The Bertz CT molecular complexity index is 673. The maximum absolute atomic E-state index is 2.42. The van der Waals surface area contributed by atoms with Crippen molar-refractivity contribution in [2.75, 3.05) is 0 Å². The standard InChI is InChI=1S/C30H51N2/c1-3-4-5-6-7-8-9-10-11-12-13-14-15-16-17-18-22-25-30-31(2)26-27-32(30)28-29-23-20-19-21-24-29/h19-21,23-24,26-27H,3-18,22,25,28H2,1-2H3/q+1. The molecule has 0 aliphatic carbocycles. The first kappa shape index (κ1) is 26.7. The Morgan fingerprint density at radius 1 is 0.625 bits per heavy atom. The van der Waals surface area contributed by atoms with Crippen LogP contribution in [0.2, 0.25) is 0 Å². The van der Waals surface area contributed by atoms with Crippen LogP contribution in [0.3, 0.4) is 0 Å². The van der Waals surface area contributed by atoms with Gasteiger partial charge in [-0.2, -0.15) is 0 Å². The zero-order chi connectivity index (χ0) is 22.7. The van der Waals surface area contributed by atoms with Crippen molar-refractivity contribution in [3.8, 4) is 0 Å². The molecule has 180 valence electrons. The van der Waals surface area contributed by atoms with E-state index in [2.05, 4.69) is 65.8 Å². The monoisotopic (exact) mass is 439 g/mol. The molecule has 0 spiro atoms. The average molecular weight is 440 g/mol. The van der Waals surface area contributed by atoms with E-state index in [4.69, 9.17) is 0 Å². The Morgan fingerprint density at radius 3 is 1.59 bits per heavy atom. The first-order chi connectivity index (χ1) is 15.8. The van der Waals surface area contributed by atoms with Gasteiger partial charge in [0.25, 0.3) is 5.82 Å². The van der Waals surface area contributed by atoms with Crippen LogP contribution in [-0.2, 0) is 20.0 Å². The van der Waals surface area contributed by atoms with Gasteiger partial charge in [0.05, 0.1) is 7.05 Å². The van der Waals surface area contributed by atoms with Gasteiger partial charge in [0.2, 0.25) is 0 Å². The van der Waals surface area contributed by atoms with Crippen LogP contribution in [0.5, 0.6) is 0 Å². The molecular weight excluding hydrogens is 388 g/mol. The molecule has 0 amide bonds. The molecule has 0 N–H and O–H groups in total. The summed E-state index contributed by atoms with van der Waals surface area (Å²) in [6.07, 6.45) is 30.0. The maximum atomic E-state index is 2.42. The minimum atomic E-state index is 0.982. The molecule has 0 aliphatic heterocycles. The number of benzene rings is 1. The summed E-state index contributed by atoms with van der Waals surface area (Å²) in [7, 11) is 2.18. The molecule has 1 aromatic carbocycles. The summed E-state index contributed by atoms with van der Waals surface area (Å²) in [6, 6.07) is 10.8. The van der Waals surface area contributed by atoms with Crippen LogP contribution in [0.25, 0.3) is 0 Å². The van der Waals surface area contributed by atoms with Gasteiger partial charge >= 0.3 is 0 Å². The summed E-state index contributed by atoms with van der Waals surface area (Å²) in [4.78, 5) is 0. The van der Waals surface area contributed by atoms with Crippen LogP contribution in [0.4, 0.5) is 0 Å². The van der Waals surface area contributed by atoms with Crippen molar-refractivity contribution in [2.45, 2.75) is 129 Å². The van der Waals surface area contributed by atoms with Gasteiger partial charge < -0.3 is 0 Å². The Morgan fingerprint density at radius 2 is 1.09 bits per heavy atom. The largest absolute Gasteiger partial charge is 0.256 e. The van der Waals surface area contributed by atoms with Gasteiger partial charge in [-0.25, -0.2) is 9.13 Å². The molecule has 0 bridgehead atoms. The molecule has 1 aromatic heterocycles. The van der Waals surface area contributed by atoms with Crippen LogP contribution in [0, 0.1) is 0 Å². The summed E-state index contributed by atoms with van der Waals surface area (Å²) in [6.45, 7) is 3.28. The molecule has 0 saturated carbocycles. The molecule has 0 saturated heterocycles. The van der Waals surface area contributed by atoms with Gasteiger partial charge in [-0.05, 0) is 12.0 Å². The van der Waals surface area contributed by atoms with Gasteiger partial charge in [0.1, 0.15) is 18.9 Å². The fraction of sp³-hybridized carbons (Fsp3) is 0.700. The lowest BCUT2D eigenvalue weighted by atomic mass is 10.0. The summed E-state index contributed by atoms with van der Waals surface area (Å²) in [5.74, 6) is 1.45. The topological polar surface area (TPSA) is 8.81 Å². The predicted molar refractivity (Wildman–Crippen MR) is 139 cm³/mol. The molecule has 0 fully saturated rings. The smallest absolute Gasteiger partial charge is 0.237 e. The maximum Gasteiger partial charge on any atom is 0.256 e. The summed E-state index contributed by atoms with van der Waals surface area (Å²) in [5, 5.41) is 0. The van der Waals surface area contributed by atoms with E-state index < -0.39 is 0 Å². The molecule has 2 heteroatoms.